The monoisotopic (exact) mass is 397 g/mol. The van der Waals surface area contributed by atoms with Crippen LogP contribution in [0.5, 0.6) is 0 Å². The van der Waals surface area contributed by atoms with Crippen molar-refractivity contribution in [3.05, 3.63) is 35.4 Å². The lowest BCUT2D eigenvalue weighted by Crippen LogP contribution is -2.51. The van der Waals surface area contributed by atoms with Gasteiger partial charge in [0.05, 0.1) is 24.2 Å². The highest BCUT2D eigenvalue weighted by molar-refractivity contribution is 5.89. The number of nitrogens with zero attached hydrogens (tertiary/aromatic N) is 1. The zero-order chi connectivity index (χ0) is 19.8. The lowest BCUT2D eigenvalue weighted by molar-refractivity contribution is -0.145. The Bertz CT molecular complexity index is 709. The van der Waals surface area contributed by atoms with E-state index in [9.17, 15) is 18.0 Å². The number of hydrogen-bond donors (Lipinski definition) is 0. The summed E-state index contributed by atoms with van der Waals surface area (Å²) in [5.41, 5.74) is -1.03. The standard InChI is InChI=1S/C21H26F3NO3/c22-21(23,24)17-7-3-6-16(13-17)20(8-1-2-9-20)19(26)25-10-4-5-15(14-25)18-27-11-12-28-18/h3,6-7,13,15,18H,1-2,4-5,8-12,14H2. The van der Waals surface area contributed by atoms with Crippen LogP contribution in [-0.2, 0) is 25.9 Å². The summed E-state index contributed by atoms with van der Waals surface area (Å²) in [5.74, 6) is 0.0900. The van der Waals surface area contributed by atoms with Crippen LogP contribution in [0.15, 0.2) is 24.3 Å². The molecule has 1 unspecified atom stereocenters. The van der Waals surface area contributed by atoms with Crippen LogP contribution in [-0.4, -0.2) is 43.4 Å². The number of ether oxygens (including phenoxy) is 2. The van der Waals surface area contributed by atoms with Crippen molar-refractivity contribution in [2.24, 2.45) is 5.92 Å². The van der Waals surface area contributed by atoms with E-state index in [1.165, 1.54) is 12.1 Å². The number of carbonyl (C=O) groups excluding carboxylic acids is 1. The summed E-state index contributed by atoms with van der Waals surface area (Å²) >= 11 is 0. The van der Waals surface area contributed by atoms with Crippen LogP contribution >= 0.6 is 0 Å². The molecule has 7 heteroatoms. The van der Waals surface area contributed by atoms with Gasteiger partial charge >= 0.3 is 6.18 Å². The summed E-state index contributed by atoms with van der Waals surface area (Å²) < 4.78 is 51.0. The van der Waals surface area contributed by atoms with Crippen molar-refractivity contribution < 1.29 is 27.4 Å². The third kappa shape index (κ3) is 3.66. The van der Waals surface area contributed by atoms with E-state index in [1.54, 1.807) is 6.07 Å². The Balaban J connectivity index is 1.59. The minimum atomic E-state index is -4.41. The van der Waals surface area contributed by atoms with Gasteiger partial charge in [-0.3, -0.25) is 4.79 Å². The third-order valence-electron chi connectivity index (χ3n) is 6.39. The molecule has 154 valence electrons. The van der Waals surface area contributed by atoms with Crippen molar-refractivity contribution in [1.82, 2.24) is 4.90 Å². The molecule has 1 aliphatic carbocycles. The molecule has 1 aromatic rings. The van der Waals surface area contributed by atoms with Crippen molar-refractivity contribution >= 4 is 5.91 Å². The smallest absolute Gasteiger partial charge is 0.350 e. The number of amides is 1. The summed E-state index contributed by atoms with van der Waals surface area (Å²) in [6.07, 6.45) is 0.0245. The quantitative estimate of drug-likeness (QED) is 0.770. The van der Waals surface area contributed by atoms with Gasteiger partial charge in [-0.05, 0) is 37.3 Å². The number of likely N-dealkylation sites (tertiary alicyclic amines) is 1. The van der Waals surface area contributed by atoms with Crippen LogP contribution in [0.1, 0.15) is 49.7 Å². The molecular formula is C21H26F3NO3. The molecule has 0 aromatic heterocycles. The van der Waals surface area contributed by atoms with Crippen molar-refractivity contribution in [1.29, 1.82) is 0 Å². The Morgan fingerprint density at radius 2 is 1.82 bits per heavy atom. The SMILES string of the molecule is O=C(N1CCCC(C2OCCO2)C1)C1(c2cccc(C(F)(F)F)c2)CCCC1. The average Bonchev–Trinajstić information content (AvgIpc) is 3.40. The fraction of sp³-hybridized carbons (Fsp3) is 0.667. The first-order valence-corrected chi connectivity index (χ1v) is 10.1. The number of benzene rings is 1. The van der Waals surface area contributed by atoms with Gasteiger partial charge in [0.2, 0.25) is 5.91 Å². The molecule has 0 radical (unpaired) electrons. The highest BCUT2D eigenvalue weighted by Crippen LogP contribution is 2.45. The van der Waals surface area contributed by atoms with E-state index in [0.29, 0.717) is 44.7 Å². The van der Waals surface area contributed by atoms with E-state index in [-0.39, 0.29) is 18.1 Å². The molecule has 1 atom stereocenters. The second-order valence-corrected chi connectivity index (χ2v) is 8.13. The third-order valence-corrected chi connectivity index (χ3v) is 6.39. The van der Waals surface area contributed by atoms with Crippen LogP contribution in [0.2, 0.25) is 0 Å². The van der Waals surface area contributed by atoms with Crippen LogP contribution in [0.4, 0.5) is 13.2 Å². The van der Waals surface area contributed by atoms with E-state index in [2.05, 4.69) is 0 Å². The Morgan fingerprint density at radius 3 is 2.50 bits per heavy atom. The van der Waals surface area contributed by atoms with Gasteiger partial charge in [0.15, 0.2) is 6.29 Å². The number of halogens is 3. The first kappa shape index (κ1) is 19.7. The van der Waals surface area contributed by atoms with Gasteiger partial charge in [0.25, 0.3) is 0 Å². The molecule has 1 amide bonds. The van der Waals surface area contributed by atoms with Gasteiger partial charge in [0, 0.05) is 19.0 Å². The zero-order valence-corrected chi connectivity index (χ0v) is 15.8. The van der Waals surface area contributed by atoms with Gasteiger partial charge in [-0.1, -0.05) is 31.0 Å². The molecule has 2 heterocycles. The largest absolute Gasteiger partial charge is 0.416 e. The van der Waals surface area contributed by atoms with Crippen molar-refractivity contribution in [2.45, 2.75) is 56.4 Å². The van der Waals surface area contributed by atoms with Crippen LogP contribution in [0.3, 0.4) is 0 Å². The number of hydrogen-bond acceptors (Lipinski definition) is 3. The van der Waals surface area contributed by atoms with Gasteiger partial charge in [0.1, 0.15) is 0 Å². The molecule has 4 rings (SSSR count). The second-order valence-electron chi connectivity index (χ2n) is 8.13. The van der Waals surface area contributed by atoms with Gasteiger partial charge < -0.3 is 14.4 Å². The predicted octanol–water partition coefficient (Wildman–Crippen LogP) is 4.13. The van der Waals surface area contributed by atoms with Crippen LogP contribution in [0.25, 0.3) is 0 Å². The summed E-state index contributed by atoms with van der Waals surface area (Å²) in [4.78, 5) is 15.4. The maximum atomic E-state index is 13.6. The van der Waals surface area contributed by atoms with E-state index >= 15 is 0 Å². The molecule has 1 aromatic carbocycles. The number of piperidine rings is 1. The summed E-state index contributed by atoms with van der Waals surface area (Å²) in [7, 11) is 0. The maximum absolute atomic E-state index is 13.6. The topological polar surface area (TPSA) is 38.8 Å². The van der Waals surface area contributed by atoms with Gasteiger partial charge in [-0.15, -0.1) is 0 Å². The normalized spacial score (nSPS) is 26.0. The predicted molar refractivity (Wildman–Crippen MR) is 96.6 cm³/mol. The molecule has 28 heavy (non-hydrogen) atoms. The highest BCUT2D eigenvalue weighted by atomic mass is 19.4. The first-order chi connectivity index (χ1) is 13.4. The minimum absolute atomic E-state index is 0.0352. The fourth-order valence-corrected chi connectivity index (χ4v) is 4.97. The second kappa shape index (κ2) is 7.67. The molecule has 0 N–H and O–H groups in total. The number of alkyl halides is 3. The molecule has 2 saturated heterocycles. The molecular weight excluding hydrogens is 371 g/mol. The number of carbonyl (C=O) groups is 1. The number of rotatable bonds is 3. The summed E-state index contributed by atoms with van der Waals surface area (Å²) in [6, 6.07) is 5.35. The van der Waals surface area contributed by atoms with E-state index in [0.717, 1.165) is 31.7 Å². The molecule has 2 aliphatic heterocycles. The molecule has 3 aliphatic rings. The van der Waals surface area contributed by atoms with Crippen molar-refractivity contribution in [3.8, 4) is 0 Å². The highest BCUT2D eigenvalue weighted by Gasteiger charge is 2.47. The zero-order valence-electron chi connectivity index (χ0n) is 15.8. The lowest BCUT2D eigenvalue weighted by atomic mass is 9.76. The molecule has 1 saturated carbocycles. The van der Waals surface area contributed by atoms with E-state index in [4.69, 9.17) is 9.47 Å². The van der Waals surface area contributed by atoms with Crippen molar-refractivity contribution in [3.63, 3.8) is 0 Å². The first-order valence-electron chi connectivity index (χ1n) is 10.1. The minimum Gasteiger partial charge on any atom is -0.350 e. The lowest BCUT2D eigenvalue weighted by Gasteiger charge is -2.40. The average molecular weight is 397 g/mol. The van der Waals surface area contributed by atoms with Crippen LogP contribution < -0.4 is 0 Å². The molecule has 3 fully saturated rings. The molecule has 0 spiro atoms. The van der Waals surface area contributed by atoms with Crippen molar-refractivity contribution in [2.75, 3.05) is 26.3 Å². The van der Waals surface area contributed by atoms with E-state index in [1.807, 2.05) is 4.90 Å². The van der Waals surface area contributed by atoms with Crippen LogP contribution in [0, 0.1) is 5.92 Å². The molecule has 4 nitrogen and oxygen atoms in total. The Hall–Kier alpha value is -1.60. The maximum Gasteiger partial charge on any atom is 0.416 e. The fourth-order valence-electron chi connectivity index (χ4n) is 4.97. The Morgan fingerprint density at radius 1 is 1.11 bits per heavy atom. The van der Waals surface area contributed by atoms with E-state index < -0.39 is 17.2 Å². The summed E-state index contributed by atoms with van der Waals surface area (Å²) in [5, 5.41) is 0. The Labute approximate surface area is 163 Å². The van der Waals surface area contributed by atoms with Gasteiger partial charge in [-0.25, -0.2) is 0 Å². The molecule has 0 bridgehead atoms. The summed E-state index contributed by atoms with van der Waals surface area (Å²) in [6.45, 7) is 2.33. The van der Waals surface area contributed by atoms with Gasteiger partial charge in [-0.2, -0.15) is 13.2 Å². The Kier molecular flexibility index (Phi) is 5.40.